The van der Waals surface area contributed by atoms with Gasteiger partial charge in [-0.2, -0.15) is 4.31 Å². The van der Waals surface area contributed by atoms with Crippen molar-refractivity contribution < 1.29 is 13.2 Å². The molecule has 3 heterocycles. The van der Waals surface area contributed by atoms with Gasteiger partial charge in [0.15, 0.2) is 5.01 Å². The largest absolute Gasteiger partial charge is 0.337 e. The number of benzene rings is 1. The number of sulfonamides is 1. The second kappa shape index (κ2) is 6.75. The van der Waals surface area contributed by atoms with Crippen LogP contribution in [0.1, 0.15) is 40.9 Å². The smallest absolute Gasteiger partial charge is 0.282 e. The number of fused-ring (bicyclic) bond motifs is 3. The minimum absolute atomic E-state index is 0.0360. The molecular weight excluding hydrogens is 370 g/mol. The van der Waals surface area contributed by atoms with Crippen molar-refractivity contribution in [2.45, 2.75) is 37.6 Å². The van der Waals surface area contributed by atoms with E-state index < -0.39 is 10.0 Å². The Labute approximate surface area is 157 Å². The highest BCUT2D eigenvalue weighted by Crippen LogP contribution is 2.38. The van der Waals surface area contributed by atoms with Crippen LogP contribution in [0.4, 0.5) is 0 Å². The highest BCUT2D eigenvalue weighted by molar-refractivity contribution is 7.89. The van der Waals surface area contributed by atoms with Gasteiger partial charge in [0.2, 0.25) is 10.0 Å². The first-order valence-corrected chi connectivity index (χ1v) is 11.2. The molecule has 0 spiro atoms. The van der Waals surface area contributed by atoms with Crippen molar-refractivity contribution in [3.63, 3.8) is 0 Å². The predicted molar refractivity (Wildman–Crippen MR) is 101 cm³/mol. The molecule has 6 nitrogen and oxygen atoms in total. The number of thiazole rings is 1. The summed E-state index contributed by atoms with van der Waals surface area (Å²) in [5.41, 5.74) is 1.22. The first-order chi connectivity index (χ1) is 12.5. The van der Waals surface area contributed by atoms with E-state index >= 15 is 0 Å². The Morgan fingerprint density at radius 2 is 1.92 bits per heavy atom. The van der Waals surface area contributed by atoms with Crippen molar-refractivity contribution in [2.75, 3.05) is 19.6 Å². The van der Waals surface area contributed by atoms with Crippen LogP contribution in [0, 0.1) is 0 Å². The average molecular weight is 392 g/mol. The Morgan fingerprint density at radius 1 is 1.19 bits per heavy atom. The molecule has 1 saturated heterocycles. The Balaban J connectivity index is 1.81. The molecule has 1 amide bonds. The number of carbonyl (C=O) groups excluding carboxylic acids is 1. The van der Waals surface area contributed by atoms with Crippen LogP contribution in [-0.2, 0) is 16.6 Å². The number of piperidine rings is 1. The Kier molecular flexibility index (Phi) is 4.58. The van der Waals surface area contributed by atoms with Crippen molar-refractivity contribution in [1.82, 2.24) is 14.2 Å². The lowest BCUT2D eigenvalue weighted by molar-refractivity contribution is 0.0724. The van der Waals surface area contributed by atoms with Crippen LogP contribution in [-0.4, -0.2) is 48.1 Å². The number of hydrogen-bond acceptors (Lipinski definition) is 5. The quantitative estimate of drug-likeness (QED) is 0.789. The summed E-state index contributed by atoms with van der Waals surface area (Å²) in [5.74, 6) is -0.0360. The summed E-state index contributed by atoms with van der Waals surface area (Å²) in [7, 11) is -3.56. The van der Waals surface area contributed by atoms with Crippen LogP contribution >= 0.6 is 11.3 Å². The Bertz CT molecular complexity index is 946. The molecule has 4 rings (SSSR count). The number of carbonyl (C=O) groups is 1. The Hall–Kier alpha value is -1.77. The van der Waals surface area contributed by atoms with E-state index in [4.69, 9.17) is 0 Å². The van der Waals surface area contributed by atoms with Crippen molar-refractivity contribution in [3.8, 4) is 11.3 Å². The van der Waals surface area contributed by atoms with Crippen molar-refractivity contribution >= 4 is 27.3 Å². The van der Waals surface area contributed by atoms with E-state index in [2.05, 4.69) is 4.98 Å². The van der Waals surface area contributed by atoms with Gasteiger partial charge in [0.1, 0.15) is 0 Å². The first kappa shape index (κ1) is 17.6. The molecule has 0 aliphatic carbocycles. The number of rotatable bonds is 2. The molecule has 8 heteroatoms. The van der Waals surface area contributed by atoms with Crippen LogP contribution in [0.5, 0.6) is 0 Å². The van der Waals surface area contributed by atoms with Crippen molar-refractivity contribution in [2.24, 2.45) is 0 Å². The minimum Gasteiger partial charge on any atom is -0.337 e. The molecule has 2 aliphatic rings. The molecule has 0 saturated carbocycles. The van der Waals surface area contributed by atoms with Crippen LogP contribution in [0.3, 0.4) is 0 Å². The van der Waals surface area contributed by atoms with Gasteiger partial charge in [-0.15, -0.1) is 11.3 Å². The lowest BCUT2D eigenvalue weighted by atomic mass is 10.1. The molecule has 0 unspecified atom stereocenters. The normalized spacial score (nSPS) is 19.5. The maximum absolute atomic E-state index is 12.9. The zero-order valence-electron chi connectivity index (χ0n) is 14.6. The van der Waals surface area contributed by atoms with Crippen LogP contribution in [0.25, 0.3) is 11.3 Å². The highest BCUT2D eigenvalue weighted by Gasteiger charge is 2.34. The summed E-state index contributed by atoms with van der Waals surface area (Å²) in [6, 6.07) is 6.93. The number of amides is 1. The molecule has 0 bridgehead atoms. The third-order valence-corrected chi connectivity index (χ3v) is 7.96. The summed E-state index contributed by atoms with van der Waals surface area (Å²) in [4.78, 5) is 20.4. The predicted octanol–water partition coefficient (Wildman–Crippen LogP) is 2.96. The van der Waals surface area contributed by atoms with Gasteiger partial charge in [-0.05, 0) is 25.3 Å². The minimum atomic E-state index is -3.56. The topological polar surface area (TPSA) is 70.6 Å². The monoisotopic (exact) mass is 391 g/mol. The fraction of sp³-hybridized carbons (Fsp3) is 0.444. The SMILES string of the molecule is CCN1Cc2sc(C(=O)N3CCCCC3)nc2-c2ccccc2S1(=O)=O. The summed E-state index contributed by atoms with van der Waals surface area (Å²) in [5, 5.41) is 0.460. The highest BCUT2D eigenvalue weighted by atomic mass is 32.2. The molecule has 1 aromatic heterocycles. The second-order valence-corrected chi connectivity index (χ2v) is 9.56. The van der Waals surface area contributed by atoms with Gasteiger partial charge in [0.05, 0.1) is 17.1 Å². The molecule has 1 aromatic carbocycles. The van der Waals surface area contributed by atoms with Gasteiger partial charge in [0.25, 0.3) is 5.91 Å². The fourth-order valence-corrected chi connectivity index (χ4v) is 6.30. The van der Waals surface area contributed by atoms with E-state index in [0.717, 1.165) is 37.2 Å². The third-order valence-electron chi connectivity index (χ3n) is 4.96. The van der Waals surface area contributed by atoms with E-state index in [1.165, 1.54) is 15.6 Å². The van der Waals surface area contributed by atoms with Crippen LogP contribution < -0.4 is 0 Å². The maximum atomic E-state index is 12.9. The van der Waals surface area contributed by atoms with E-state index in [9.17, 15) is 13.2 Å². The number of aromatic nitrogens is 1. The van der Waals surface area contributed by atoms with Gasteiger partial charge in [-0.25, -0.2) is 13.4 Å². The number of nitrogens with zero attached hydrogens (tertiary/aromatic N) is 3. The first-order valence-electron chi connectivity index (χ1n) is 8.91. The lowest BCUT2D eigenvalue weighted by Crippen LogP contribution is -2.35. The Morgan fingerprint density at radius 3 is 2.65 bits per heavy atom. The molecule has 0 radical (unpaired) electrons. The van der Waals surface area contributed by atoms with Gasteiger partial charge in [-0.3, -0.25) is 4.79 Å². The van der Waals surface area contributed by atoms with E-state index in [0.29, 0.717) is 22.8 Å². The second-order valence-electron chi connectivity index (χ2n) is 6.57. The lowest BCUT2D eigenvalue weighted by Gasteiger charge is -2.25. The average Bonchev–Trinajstić information content (AvgIpc) is 3.06. The summed E-state index contributed by atoms with van der Waals surface area (Å²) >= 11 is 1.33. The number of hydrogen-bond donors (Lipinski definition) is 0. The molecule has 26 heavy (non-hydrogen) atoms. The van der Waals surface area contributed by atoms with Crippen molar-refractivity contribution in [1.29, 1.82) is 0 Å². The zero-order valence-corrected chi connectivity index (χ0v) is 16.3. The van der Waals surface area contributed by atoms with Gasteiger partial charge in [0, 0.05) is 30.1 Å². The zero-order chi connectivity index (χ0) is 18.3. The summed E-state index contributed by atoms with van der Waals surface area (Å²) < 4.78 is 27.3. The molecule has 138 valence electrons. The maximum Gasteiger partial charge on any atom is 0.282 e. The van der Waals surface area contributed by atoms with Crippen LogP contribution in [0.15, 0.2) is 29.2 Å². The van der Waals surface area contributed by atoms with Crippen molar-refractivity contribution in [3.05, 3.63) is 34.2 Å². The van der Waals surface area contributed by atoms with Crippen LogP contribution in [0.2, 0.25) is 0 Å². The van der Waals surface area contributed by atoms with Gasteiger partial charge in [-0.1, -0.05) is 25.1 Å². The molecule has 0 atom stereocenters. The summed E-state index contributed by atoms with van der Waals surface area (Å²) in [6.45, 7) is 4.01. The molecular formula is C18H21N3O3S2. The van der Waals surface area contributed by atoms with Gasteiger partial charge < -0.3 is 4.90 Å². The number of likely N-dealkylation sites (tertiary alicyclic amines) is 1. The van der Waals surface area contributed by atoms with E-state index in [1.54, 1.807) is 18.2 Å². The molecule has 2 aliphatic heterocycles. The standard InChI is InChI=1S/C18H21N3O3S2/c1-2-21-12-14-16(13-8-4-5-9-15(13)26(21,23)24)19-17(25-14)18(22)20-10-6-3-7-11-20/h4-5,8-9H,2-3,6-7,10-12H2,1H3. The fourth-order valence-electron chi connectivity index (χ4n) is 3.55. The molecule has 2 aromatic rings. The summed E-state index contributed by atoms with van der Waals surface area (Å²) in [6.07, 6.45) is 3.22. The van der Waals surface area contributed by atoms with E-state index in [1.807, 2.05) is 17.9 Å². The third kappa shape index (κ3) is 2.86. The van der Waals surface area contributed by atoms with E-state index in [-0.39, 0.29) is 17.3 Å². The molecule has 1 fully saturated rings. The molecule has 0 N–H and O–H groups in total. The van der Waals surface area contributed by atoms with Gasteiger partial charge >= 0.3 is 0 Å².